The van der Waals surface area contributed by atoms with Gasteiger partial charge < -0.3 is 4.90 Å². The Morgan fingerprint density at radius 3 is 2.50 bits per heavy atom. The predicted molar refractivity (Wildman–Crippen MR) is 104 cm³/mol. The first-order valence-electron chi connectivity index (χ1n) is 8.48. The summed E-state index contributed by atoms with van der Waals surface area (Å²) in [6.45, 7) is 12.4. The van der Waals surface area contributed by atoms with E-state index in [2.05, 4.69) is 50.7 Å². The number of hydrogen-bond acceptors (Lipinski definition) is 5. The zero-order chi connectivity index (χ0) is 17.7. The van der Waals surface area contributed by atoms with Crippen LogP contribution in [0.5, 0.6) is 0 Å². The van der Waals surface area contributed by atoms with Crippen molar-refractivity contribution in [2.75, 3.05) is 18.8 Å². The highest BCUT2D eigenvalue weighted by Crippen LogP contribution is 2.30. The van der Waals surface area contributed by atoms with Crippen LogP contribution < -0.4 is 0 Å². The number of rotatable bonds is 8. The molecule has 0 bridgehead atoms. The number of nitrogens with zero attached hydrogens (tertiary/aromatic N) is 3. The maximum absolute atomic E-state index is 12.6. The van der Waals surface area contributed by atoms with E-state index in [1.54, 1.807) is 29.4 Å². The zero-order valence-electron chi connectivity index (χ0n) is 15.2. The van der Waals surface area contributed by atoms with Gasteiger partial charge in [-0.3, -0.25) is 4.79 Å². The molecule has 0 aliphatic rings. The SMILES string of the molecule is Cc1cc2c(SCCC(=O)N(CC(C)C)CC(C)C)ncnc2s1. The first-order chi connectivity index (χ1) is 11.4. The lowest BCUT2D eigenvalue weighted by Gasteiger charge is -2.26. The van der Waals surface area contributed by atoms with E-state index in [0.29, 0.717) is 18.3 Å². The molecule has 0 aliphatic carbocycles. The first-order valence-corrected chi connectivity index (χ1v) is 10.3. The Morgan fingerprint density at radius 1 is 1.21 bits per heavy atom. The van der Waals surface area contributed by atoms with Gasteiger partial charge in [-0.25, -0.2) is 9.97 Å². The lowest BCUT2D eigenvalue weighted by Crippen LogP contribution is -2.37. The van der Waals surface area contributed by atoms with Crippen molar-refractivity contribution >= 4 is 39.2 Å². The average Bonchev–Trinajstić information content (AvgIpc) is 2.86. The van der Waals surface area contributed by atoms with Gasteiger partial charge in [-0.2, -0.15) is 0 Å². The number of hydrogen-bond donors (Lipinski definition) is 0. The lowest BCUT2D eigenvalue weighted by molar-refractivity contribution is -0.131. The van der Waals surface area contributed by atoms with Crippen molar-refractivity contribution in [1.29, 1.82) is 0 Å². The number of thiophene rings is 1. The Balaban J connectivity index is 1.94. The number of aromatic nitrogens is 2. The van der Waals surface area contributed by atoms with E-state index in [0.717, 1.165) is 34.1 Å². The molecule has 6 heteroatoms. The topological polar surface area (TPSA) is 46.1 Å². The fourth-order valence-electron chi connectivity index (χ4n) is 2.62. The van der Waals surface area contributed by atoms with Crippen molar-refractivity contribution in [2.45, 2.75) is 46.1 Å². The van der Waals surface area contributed by atoms with Crippen molar-refractivity contribution in [3.05, 3.63) is 17.3 Å². The van der Waals surface area contributed by atoms with Crippen molar-refractivity contribution in [3.63, 3.8) is 0 Å². The molecule has 2 aromatic rings. The molecular formula is C18H27N3OS2. The smallest absolute Gasteiger partial charge is 0.223 e. The summed E-state index contributed by atoms with van der Waals surface area (Å²) in [5, 5.41) is 2.09. The quantitative estimate of drug-likeness (QED) is 0.506. The molecule has 0 aliphatic heterocycles. The van der Waals surface area contributed by atoms with Crippen LogP contribution in [0.3, 0.4) is 0 Å². The van der Waals surface area contributed by atoms with E-state index < -0.39 is 0 Å². The summed E-state index contributed by atoms with van der Waals surface area (Å²) in [7, 11) is 0. The minimum absolute atomic E-state index is 0.247. The van der Waals surface area contributed by atoms with Crippen LogP contribution in [-0.2, 0) is 4.79 Å². The summed E-state index contributed by atoms with van der Waals surface area (Å²) < 4.78 is 0. The fourth-order valence-corrected chi connectivity index (χ4v) is 4.44. The van der Waals surface area contributed by atoms with Gasteiger partial charge in [-0.05, 0) is 24.8 Å². The van der Waals surface area contributed by atoms with Crippen molar-refractivity contribution in [2.24, 2.45) is 11.8 Å². The molecule has 4 nitrogen and oxygen atoms in total. The van der Waals surface area contributed by atoms with Crippen LogP contribution in [0.25, 0.3) is 10.2 Å². The van der Waals surface area contributed by atoms with Crippen LogP contribution in [0.1, 0.15) is 39.0 Å². The average molecular weight is 366 g/mol. The van der Waals surface area contributed by atoms with Gasteiger partial charge in [0.05, 0.1) is 0 Å². The van der Waals surface area contributed by atoms with Crippen LogP contribution in [0, 0.1) is 18.8 Å². The third kappa shape index (κ3) is 5.45. The van der Waals surface area contributed by atoms with Crippen LogP contribution in [0.2, 0.25) is 0 Å². The largest absolute Gasteiger partial charge is 0.342 e. The second kappa shape index (κ2) is 8.81. The molecule has 0 unspecified atom stereocenters. The molecule has 0 radical (unpaired) electrons. The Bertz CT molecular complexity index is 672. The number of carbonyl (C=O) groups is 1. The molecule has 0 saturated carbocycles. The molecular weight excluding hydrogens is 338 g/mol. The van der Waals surface area contributed by atoms with E-state index in [1.165, 1.54) is 4.88 Å². The van der Waals surface area contributed by atoms with E-state index >= 15 is 0 Å². The number of thioether (sulfide) groups is 1. The van der Waals surface area contributed by atoms with Gasteiger partial charge in [-0.1, -0.05) is 27.7 Å². The van der Waals surface area contributed by atoms with Crippen LogP contribution in [0.15, 0.2) is 17.4 Å². The van der Waals surface area contributed by atoms with Gasteiger partial charge in [0.2, 0.25) is 5.91 Å². The Morgan fingerprint density at radius 2 is 1.88 bits per heavy atom. The van der Waals surface area contributed by atoms with E-state index in [4.69, 9.17) is 0 Å². The standard InChI is InChI=1S/C18H27N3OS2/c1-12(2)9-21(10-13(3)4)16(22)6-7-23-17-15-8-14(5)24-18(15)20-11-19-17/h8,11-13H,6-7,9-10H2,1-5H3. The van der Waals surface area contributed by atoms with Crippen LogP contribution >= 0.6 is 23.1 Å². The molecule has 0 fully saturated rings. The highest BCUT2D eigenvalue weighted by molar-refractivity contribution is 7.99. The van der Waals surface area contributed by atoms with Gasteiger partial charge in [0.1, 0.15) is 16.2 Å². The second-order valence-electron chi connectivity index (χ2n) is 6.94. The minimum atomic E-state index is 0.247. The molecule has 132 valence electrons. The molecule has 0 atom stereocenters. The normalized spacial score (nSPS) is 11.6. The number of aryl methyl sites for hydroxylation is 1. The summed E-state index contributed by atoms with van der Waals surface area (Å²) in [6, 6.07) is 2.13. The highest BCUT2D eigenvalue weighted by Gasteiger charge is 2.16. The Hall–Kier alpha value is -1.14. The van der Waals surface area contributed by atoms with Crippen molar-refractivity contribution < 1.29 is 4.79 Å². The van der Waals surface area contributed by atoms with E-state index in [9.17, 15) is 4.79 Å². The third-order valence-corrected chi connectivity index (χ3v) is 5.46. The maximum atomic E-state index is 12.6. The van der Waals surface area contributed by atoms with Crippen molar-refractivity contribution in [3.8, 4) is 0 Å². The summed E-state index contributed by atoms with van der Waals surface area (Å²) in [6.07, 6.45) is 2.17. The summed E-state index contributed by atoms with van der Waals surface area (Å²) in [5.41, 5.74) is 0. The molecule has 24 heavy (non-hydrogen) atoms. The maximum Gasteiger partial charge on any atom is 0.223 e. The fraction of sp³-hybridized carbons (Fsp3) is 0.611. The van der Waals surface area contributed by atoms with Crippen LogP contribution in [0.4, 0.5) is 0 Å². The Kier molecular flexibility index (Phi) is 7.04. The van der Waals surface area contributed by atoms with E-state index in [-0.39, 0.29) is 5.91 Å². The van der Waals surface area contributed by atoms with Gasteiger partial charge in [0, 0.05) is 35.5 Å². The lowest BCUT2D eigenvalue weighted by atomic mass is 10.1. The second-order valence-corrected chi connectivity index (χ2v) is 9.26. The highest BCUT2D eigenvalue weighted by atomic mass is 32.2. The third-order valence-electron chi connectivity index (χ3n) is 3.49. The molecule has 1 amide bonds. The monoisotopic (exact) mass is 365 g/mol. The predicted octanol–water partition coefficient (Wildman–Crippen LogP) is 4.62. The summed E-state index contributed by atoms with van der Waals surface area (Å²) in [4.78, 5) is 25.5. The molecule has 0 N–H and O–H groups in total. The summed E-state index contributed by atoms with van der Waals surface area (Å²) in [5.74, 6) is 2.00. The molecule has 2 heterocycles. The molecule has 0 saturated heterocycles. The van der Waals surface area contributed by atoms with Gasteiger partial charge >= 0.3 is 0 Å². The Labute approximate surface area is 153 Å². The van der Waals surface area contributed by atoms with Crippen LogP contribution in [-0.4, -0.2) is 39.6 Å². The number of carbonyl (C=O) groups excluding carboxylic acids is 1. The molecule has 0 spiro atoms. The summed E-state index contributed by atoms with van der Waals surface area (Å²) >= 11 is 3.34. The number of fused-ring (bicyclic) bond motifs is 1. The van der Waals surface area contributed by atoms with E-state index in [1.807, 2.05) is 4.90 Å². The van der Waals surface area contributed by atoms with Gasteiger partial charge in [0.15, 0.2) is 0 Å². The zero-order valence-corrected chi connectivity index (χ0v) is 16.8. The number of amides is 1. The molecule has 2 aromatic heterocycles. The van der Waals surface area contributed by atoms with Crippen molar-refractivity contribution in [1.82, 2.24) is 14.9 Å². The minimum Gasteiger partial charge on any atom is -0.342 e. The molecule has 0 aromatic carbocycles. The molecule has 2 rings (SSSR count). The van der Waals surface area contributed by atoms with Gasteiger partial charge in [0.25, 0.3) is 0 Å². The first kappa shape index (κ1) is 19.2. The van der Waals surface area contributed by atoms with Gasteiger partial charge in [-0.15, -0.1) is 23.1 Å².